The molecule has 0 saturated carbocycles. The summed E-state index contributed by atoms with van der Waals surface area (Å²) in [5.41, 5.74) is 4.34. The molecule has 0 unspecified atom stereocenters. The SMILES string of the molecule is CN(C)CCCCCNc1ccc2ncn3c4ccc5[nH]ncc5c4c(=O)c1c23. The Morgan fingerprint density at radius 1 is 1.10 bits per heavy atom. The summed E-state index contributed by atoms with van der Waals surface area (Å²) in [6, 6.07) is 7.88. The highest BCUT2D eigenvalue weighted by molar-refractivity contribution is 6.13. The lowest BCUT2D eigenvalue weighted by atomic mass is 10.0. The first-order valence-electron chi connectivity index (χ1n) is 10.0. The predicted octanol–water partition coefficient (Wildman–Crippen LogP) is 3.46. The summed E-state index contributed by atoms with van der Waals surface area (Å²) in [6.07, 6.45) is 6.94. The smallest absolute Gasteiger partial charge is 0.200 e. The summed E-state index contributed by atoms with van der Waals surface area (Å²) in [7, 11) is 4.20. The van der Waals surface area contributed by atoms with Crippen LogP contribution >= 0.6 is 0 Å². The third-order valence-corrected chi connectivity index (χ3v) is 5.62. The van der Waals surface area contributed by atoms with Crippen LogP contribution < -0.4 is 10.7 Å². The van der Waals surface area contributed by atoms with E-state index in [0.717, 1.165) is 59.1 Å². The Labute approximate surface area is 167 Å². The van der Waals surface area contributed by atoms with E-state index >= 15 is 0 Å². The molecule has 0 amide bonds. The van der Waals surface area contributed by atoms with Gasteiger partial charge in [0, 0.05) is 17.6 Å². The molecule has 0 atom stereocenters. The average Bonchev–Trinajstić information content (AvgIpc) is 3.35. The van der Waals surface area contributed by atoms with Crippen molar-refractivity contribution in [2.75, 3.05) is 32.5 Å². The number of anilines is 1. The topological polar surface area (TPSA) is 78.3 Å². The van der Waals surface area contributed by atoms with Crippen LogP contribution in [-0.2, 0) is 0 Å². The quantitative estimate of drug-likeness (QED) is 0.330. The molecule has 0 radical (unpaired) electrons. The highest BCUT2D eigenvalue weighted by Crippen LogP contribution is 2.30. The number of aromatic nitrogens is 4. The average molecular weight is 388 g/mol. The van der Waals surface area contributed by atoms with Gasteiger partial charge in [0.25, 0.3) is 0 Å². The van der Waals surface area contributed by atoms with Crippen molar-refractivity contribution in [1.82, 2.24) is 24.5 Å². The molecule has 2 aromatic carbocycles. The molecule has 5 rings (SSSR count). The number of H-pyrrole nitrogens is 1. The van der Waals surface area contributed by atoms with Crippen LogP contribution in [0, 0.1) is 0 Å². The monoisotopic (exact) mass is 388 g/mol. The molecule has 0 aliphatic heterocycles. The van der Waals surface area contributed by atoms with Crippen LogP contribution in [0.2, 0.25) is 0 Å². The molecule has 3 heterocycles. The number of hydrogen-bond acceptors (Lipinski definition) is 5. The zero-order valence-corrected chi connectivity index (χ0v) is 16.7. The Balaban J connectivity index is 1.59. The molecule has 7 heteroatoms. The predicted molar refractivity (Wildman–Crippen MR) is 118 cm³/mol. The Kier molecular flexibility index (Phi) is 4.32. The first-order chi connectivity index (χ1) is 14.1. The van der Waals surface area contributed by atoms with Gasteiger partial charge in [0.1, 0.15) is 6.33 Å². The second-order valence-corrected chi connectivity index (χ2v) is 7.88. The fraction of sp³-hybridized carbons (Fsp3) is 0.318. The van der Waals surface area contributed by atoms with Crippen molar-refractivity contribution >= 4 is 43.9 Å². The van der Waals surface area contributed by atoms with Crippen LogP contribution in [0.1, 0.15) is 19.3 Å². The van der Waals surface area contributed by atoms with Gasteiger partial charge in [0.2, 0.25) is 0 Å². The Bertz CT molecular complexity index is 1370. The molecule has 2 N–H and O–H groups in total. The zero-order chi connectivity index (χ0) is 20.0. The van der Waals surface area contributed by atoms with Crippen molar-refractivity contribution in [2.45, 2.75) is 19.3 Å². The molecular formula is C22H24N6O. The van der Waals surface area contributed by atoms with Crippen LogP contribution in [0.3, 0.4) is 0 Å². The summed E-state index contributed by atoms with van der Waals surface area (Å²) < 4.78 is 2.02. The molecule has 148 valence electrons. The second kappa shape index (κ2) is 7.00. The number of nitrogens with zero attached hydrogens (tertiary/aromatic N) is 4. The van der Waals surface area contributed by atoms with Crippen LogP contribution in [0.4, 0.5) is 5.69 Å². The van der Waals surface area contributed by atoms with Crippen molar-refractivity contribution in [3.8, 4) is 0 Å². The molecular weight excluding hydrogens is 364 g/mol. The van der Waals surface area contributed by atoms with Gasteiger partial charge < -0.3 is 10.2 Å². The number of imidazole rings is 1. The van der Waals surface area contributed by atoms with E-state index in [2.05, 4.69) is 39.5 Å². The molecule has 5 aromatic rings. The molecule has 0 aliphatic rings. The van der Waals surface area contributed by atoms with Gasteiger partial charge in [-0.15, -0.1) is 0 Å². The zero-order valence-electron chi connectivity index (χ0n) is 16.7. The molecule has 7 nitrogen and oxygen atoms in total. The van der Waals surface area contributed by atoms with E-state index in [4.69, 9.17) is 0 Å². The highest BCUT2D eigenvalue weighted by Gasteiger charge is 2.18. The minimum Gasteiger partial charge on any atom is -0.384 e. The van der Waals surface area contributed by atoms with Gasteiger partial charge in [-0.3, -0.25) is 14.3 Å². The van der Waals surface area contributed by atoms with Gasteiger partial charge in [-0.25, -0.2) is 4.98 Å². The van der Waals surface area contributed by atoms with E-state index in [1.807, 2.05) is 28.7 Å². The van der Waals surface area contributed by atoms with Gasteiger partial charge in [0.05, 0.1) is 39.0 Å². The van der Waals surface area contributed by atoms with Crippen molar-refractivity contribution in [3.05, 3.63) is 47.0 Å². The largest absolute Gasteiger partial charge is 0.384 e. The fourth-order valence-electron chi connectivity index (χ4n) is 4.19. The maximum Gasteiger partial charge on any atom is 0.200 e. The maximum absolute atomic E-state index is 13.6. The van der Waals surface area contributed by atoms with Gasteiger partial charge in [-0.05, 0) is 57.7 Å². The Hall–Kier alpha value is -3.19. The maximum atomic E-state index is 13.6. The lowest BCUT2D eigenvalue weighted by Gasteiger charge is -2.12. The molecule has 0 spiro atoms. The first-order valence-corrected chi connectivity index (χ1v) is 10.0. The number of hydrogen-bond donors (Lipinski definition) is 2. The van der Waals surface area contributed by atoms with Crippen molar-refractivity contribution < 1.29 is 0 Å². The van der Waals surface area contributed by atoms with E-state index in [1.54, 1.807) is 12.5 Å². The van der Waals surface area contributed by atoms with Gasteiger partial charge >= 0.3 is 0 Å². The van der Waals surface area contributed by atoms with Crippen molar-refractivity contribution in [2.24, 2.45) is 0 Å². The third kappa shape index (κ3) is 2.89. The van der Waals surface area contributed by atoms with Gasteiger partial charge in [0.15, 0.2) is 5.43 Å². The second-order valence-electron chi connectivity index (χ2n) is 7.88. The minimum atomic E-state index is 0.0284. The number of fused-ring (bicyclic) bond motifs is 4. The lowest BCUT2D eigenvalue weighted by Crippen LogP contribution is -2.13. The number of benzene rings is 2. The molecule has 0 saturated heterocycles. The lowest BCUT2D eigenvalue weighted by molar-refractivity contribution is 0.393. The third-order valence-electron chi connectivity index (χ3n) is 5.62. The first kappa shape index (κ1) is 17.9. The van der Waals surface area contributed by atoms with Crippen LogP contribution in [0.5, 0.6) is 0 Å². The number of pyridine rings is 1. The van der Waals surface area contributed by atoms with Gasteiger partial charge in [-0.1, -0.05) is 6.42 Å². The van der Waals surface area contributed by atoms with E-state index in [0.29, 0.717) is 10.8 Å². The number of aromatic amines is 1. The summed E-state index contributed by atoms with van der Waals surface area (Å²) in [5, 5.41) is 12.8. The van der Waals surface area contributed by atoms with Crippen molar-refractivity contribution in [1.29, 1.82) is 0 Å². The van der Waals surface area contributed by atoms with Crippen molar-refractivity contribution in [3.63, 3.8) is 0 Å². The molecule has 3 aromatic heterocycles. The van der Waals surface area contributed by atoms with E-state index < -0.39 is 0 Å². The Morgan fingerprint density at radius 2 is 2.00 bits per heavy atom. The van der Waals surface area contributed by atoms with E-state index in [-0.39, 0.29) is 5.43 Å². The summed E-state index contributed by atoms with van der Waals surface area (Å²) >= 11 is 0. The van der Waals surface area contributed by atoms with E-state index in [9.17, 15) is 4.79 Å². The summed E-state index contributed by atoms with van der Waals surface area (Å²) in [4.78, 5) is 20.3. The molecule has 0 fully saturated rings. The number of rotatable bonds is 7. The standard InChI is InChI=1S/C22H24N6O/c1-27(2)11-5-3-4-10-23-16-6-7-17-21-20(16)22(29)19-14-12-25-26-15(14)8-9-18(19)28(21)13-24-17/h6-9,12-13,23H,3-5,10-11H2,1-2H3,(H,25,26). The highest BCUT2D eigenvalue weighted by atomic mass is 16.1. The Morgan fingerprint density at radius 3 is 2.86 bits per heavy atom. The normalized spacial score (nSPS) is 12.2. The molecule has 29 heavy (non-hydrogen) atoms. The molecule has 0 aliphatic carbocycles. The number of unbranched alkanes of at least 4 members (excludes halogenated alkanes) is 2. The molecule has 0 bridgehead atoms. The fourth-order valence-corrected chi connectivity index (χ4v) is 4.19. The van der Waals surface area contributed by atoms with Crippen LogP contribution in [0.25, 0.3) is 38.2 Å². The number of nitrogens with one attached hydrogen (secondary N) is 2. The van der Waals surface area contributed by atoms with Crippen LogP contribution in [-0.4, -0.2) is 51.7 Å². The summed E-state index contributed by atoms with van der Waals surface area (Å²) in [6.45, 7) is 1.95. The minimum absolute atomic E-state index is 0.0284. The van der Waals surface area contributed by atoms with Crippen LogP contribution in [0.15, 0.2) is 41.6 Å². The van der Waals surface area contributed by atoms with E-state index in [1.165, 1.54) is 6.42 Å². The van der Waals surface area contributed by atoms with Gasteiger partial charge in [-0.2, -0.15) is 5.10 Å². The summed E-state index contributed by atoms with van der Waals surface area (Å²) in [5.74, 6) is 0.